The largest absolute Gasteiger partial charge is 0.345 e. The fourth-order valence-electron chi connectivity index (χ4n) is 2.41. The second-order valence-corrected chi connectivity index (χ2v) is 6.49. The lowest BCUT2D eigenvalue weighted by atomic mass is 9.92. The Kier molecular flexibility index (Phi) is 7.35. The molecule has 4 N–H and O–H groups in total. The third-order valence-corrected chi connectivity index (χ3v) is 4.22. The van der Waals surface area contributed by atoms with Gasteiger partial charge in [0.25, 0.3) is 5.91 Å². The highest BCUT2D eigenvalue weighted by Gasteiger charge is 2.27. The van der Waals surface area contributed by atoms with Crippen LogP contribution in [-0.4, -0.2) is 23.9 Å². The molecular weight excluding hydrogens is 309 g/mol. The van der Waals surface area contributed by atoms with Gasteiger partial charge in [-0.15, -0.1) is 0 Å². The van der Waals surface area contributed by atoms with E-state index in [1.54, 1.807) is 0 Å². The first kappa shape index (κ1) is 20.1. The van der Waals surface area contributed by atoms with E-state index in [0.29, 0.717) is 25.8 Å². The molecule has 0 aliphatic heterocycles. The van der Waals surface area contributed by atoms with Gasteiger partial charge in [-0.25, -0.2) is 4.39 Å². The van der Waals surface area contributed by atoms with Gasteiger partial charge in [-0.2, -0.15) is 0 Å². The highest BCUT2D eigenvalue weighted by Crippen LogP contribution is 2.19. The van der Waals surface area contributed by atoms with Crippen LogP contribution in [0.5, 0.6) is 0 Å². The molecule has 6 heteroatoms. The van der Waals surface area contributed by atoms with Crippen molar-refractivity contribution in [3.63, 3.8) is 0 Å². The molecule has 0 aliphatic rings. The minimum absolute atomic E-state index is 0.0771. The van der Waals surface area contributed by atoms with E-state index in [4.69, 9.17) is 5.73 Å². The minimum atomic E-state index is -0.633. The highest BCUT2D eigenvalue weighted by molar-refractivity contribution is 5.96. The first-order valence-electron chi connectivity index (χ1n) is 8.38. The lowest BCUT2D eigenvalue weighted by Crippen LogP contribution is -2.52. The van der Waals surface area contributed by atoms with Crippen molar-refractivity contribution in [1.82, 2.24) is 5.32 Å². The number of hydrogen-bond donors (Lipinski definition) is 3. The lowest BCUT2D eigenvalue weighted by molar-refractivity contribution is -0.116. The van der Waals surface area contributed by atoms with Crippen molar-refractivity contribution in [1.29, 1.82) is 0 Å². The molecule has 2 amide bonds. The van der Waals surface area contributed by atoms with Gasteiger partial charge in [0.05, 0.1) is 11.2 Å². The molecule has 0 atom stereocenters. The Morgan fingerprint density at radius 1 is 1.25 bits per heavy atom. The number of anilines is 1. The number of nitrogens with one attached hydrogen (secondary N) is 2. The molecule has 0 saturated heterocycles. The quantitative estimate of drug-likeness (QED) is 0.681. The van der Waals surface area contributed by atoms with E-state index < -0.39 is 11.4 Å². The van der Waals surface area contributed by atoms with Gasteiger partial charge >= 0.3 is 0 Å². The predicted octanol–water partition coefficient (Wildman–Crippen LogP) is 3.06. The third-order valence-electron chi connectivity index (χ3n) is 4.22. The van der Waals surface area contributed by atoms with Gasteiger partial charge in [0.15, 0.2) is 0 Å². The van der Waals surface area contributed by atoms with E-state index >= 15 is 0 Å². The summed E-state index contributed by atoms with van der Waals surface area (Å²) in [7, 11) is 0. The van der Waals surface area contributed by atoms with E-state index in [-0.39, 0.29) is 29.0 Å². The standard InChI is InChI=1S/C18H28FN3O2/c1-5-18(6-2,11-20)22-17(24)13-7-8-15(14(19)10-13)21-16(23)9-12(3)4/h7-8,10,12H,5-6,9,11,20H2,1-4H3,(H,21,23)(H,22,24). The van der Waals surface area contributed by atoms with Crippen molar-refractivity contribution in [2.75, 3.05) is 11.9 Å². The highest BCUT2D eigenvalue weighted by atomic mass is 19.1. The summed E-state index contributed by atoms with van der Waals surface area (Å²) in [6, 6.07) is 4.04. The molecule has 0 fully saturated rings. The average Bonchev–Trinajstić information content (AvgIpc) is 2.53. The molecule has 0 spiro atoms. The maximum atomic E-state index is 14.2. The van der Waals surface area contributed by atoms with Gasteiger partial charge in [-0.05, 0) is 37.0 Å². The first-order valence-corrected chi connectivity index (χ1v) is 8.38. The van der Waals surface area contributed by atoms with Gasteiger partial charge in [-0.3, -0.25) is 9.59 Å². The van der Waals surface area contributed by atoms with Gasteiger partial charge in [0.1, 0.15) is 5.82 Å². The molecule has 1 aromatic carbocycles. The molecule has 0 heterocycles. The number of carbonyl (C=O) groups excluding carboxylic acids is 2. The molecule has 0 aliphatic carbocycles. The Balaban J connectivity index is 2.87. The molecule has 1 rings (SSSR count). The lowest BCUT2D eigenvalue weighted by Gasteiger charge is -2.31. The van der Waals surface area contributed by atoms with Crippen LogP contribution in [0.1, 0.15) is 57.3 Å². The summed E-state index contributed by atoms with van der Waals surface area (Å²) >= 11 is 0. The zero-order valence-electron chi connectivity index (χ0n) is 14.9. The molecule has 0 aromatic heterocycles. The van der Waals surface area contributed by atoms with Crippen LogP contribution in [0.4, 0.5) is 10.1 Å². The summed E-state index contributed by atoms with van der Waals surface area (Å²) in [5, 5.41) is 5.42. The van der Waals surface area contributed by atoms with Crippen molar-refractivity contribution in [3.05, 3.63) is 29.6 Å². The van der Waals surface area contributed by atoms with Crippen molar-refractivity contribution in [2.45, 2.75) is 52.5 Å². The Morgan fingerprint density at radius 2 is 1.88 bits per heavy atom. The van der Waals surface area contributed by atoms with Crippen molar-refractivity contribution in [3.8, 4) is 0 Å². The number of nitrogens with two attached hydrogens (primary N) is 1. The fourth-order valence-corrected chi connectivity index (χ4v) is 2.41. The molecule has 5 nitrogen and oxygen atoms in total. The van der Waals surface area contributed by atoms with Gasteiger partial charge < -0.3 is 16.4 Å². The Hall–Kier alpha value is -1.95. The fraction of sp³-hybridized carbons (Fsp3) is 0.556. The summed E-state index contributed by atoms with van der Waals surface area (Å²) in [5.74, 6) is -1.07. The number of hydrogen-bond acceptors (Lipinski definition) is 3. The molecule has 0 radical (unpaired) electrons. The van der Waals surface area contributed by atoms with Crippen LogP contribution in [0.25, 0.3) is 0 Å². The summed E-state index contributed by atoms with van der Waals surface area (Å²) < 4.78 is 14.2. The van der Waals surface area contributed by atoms with E-state index in [9.17, 15) is 14.0 Å². The van der Waals surface area contributed by atoms with E-state index in [1.807, 2.05) is 27.7 Å². The van der Waals surface area contributed by atoms with Crippen molar-refractivity contribution >= 4 is 17.5 Å². The zero-order chi connectivity index (χ0) is 18.3. The minimum Gasteiger partial charge on any atom is -0.345 e. The van der Waals surface area contributed by atoms with Crippen LogP contribution in [-0.2, 0) is 4.79 Å². The van der Waals surface area contributed by atoms with Crippen LogP contribution in [0, 0.1) is 11.7 Å². The normalized spacial score (nSPS) is 11.5. The number of amides is 2. The second-order valence-electron chi connectivity index (χ2n) is 6.49. The topological polar surface area (TPSA) is 84.2 Å². The Morgan fingerprint density at radius 3 is 2.33 bits per heavy atom. The monoisotopic (exact) mass is 337 g/mol. The van der Waals surface area contributed by atoms with E-state index in [2.05, 4.69) is 10.6 Å². The predicted molar refractivity (Wildman–Crippen MR) is 94.3 cm³/mol. The smallest absolute Gasteiger partial charge is 0.251 e. The Bertz CT molecular complexity index is 575. The molecule has 0 bridgehead atoms. The third kappa shape index (κ3) is 5.30. The van der Waals surface area contributed by atoms with Crippen LogP contribution < -0.4 is 16.4 Å². The maximum Gasteiger partial charge on any atom is 0.251 e. The zero-order valence-corrected chi connectivity index (χ0v) is 14.9. The summed E-state index contributed by atoms with van der Waals surface area (Å²) in [6.45, 7) is 8.04. The average molecular weight is 337 g/mol. The maximum absolute atomic E-state index is 14.2. The van der Waals surface area contributed by atoms with Crippen molar-refractivity contribution < 1.29 is 14.0 Å². The van der Waals surface area contributed by atoms with Gasteiger partial charge in [0, 0.05) is 18.5 Å². The van der Waals surface area contributed by atoms with Crippen LogP contribution in [0.15, 0.2) is 18.2 Å². The number of benzene rings is 1. The molecule has 0 saturated carbocycles. The van der Waals surface area contributed by atoms with E-state index in [1.165, 1.54) is 12.1 Å². The van der Waals surface area contributed by atoms with Crippen molar-refractivity contribution in [2.24, 2.45) is 11.7 Å². The molecule has 1 aromatic rings. The van der Waals surface area contributed by atoms with Gasteiger partial charge in [0.2, 0.25) is 5.91 Å². The number of rotatable bonds is 8. The molecule has 24 heavy (non-hydrogen) atoms. The molecule has 0 unspecified atom stereocenters. The summed E-state index contributed by atoms with van der Waals surface area (Å²) in [4.78, 5) is 24.1. The summed E-state index contributed by atoms with van der Waals surface area (Å²) in [5.41, 5.74) is 5.56. The second kappa shape index (κ2) is 8.78. The van der Waals surface area contributed by atoms with Crippen LogP contribution in [0.3, 0.4) is 0 Å². The number of halogens is 1. The SMILES string of the molecule is CCC(CC)(CN)NC(=O)c1ccc(NC(=O)CC(C)C)c(F)c1. The van der Waals surface area contributed by atoms with Crippen LogP contribution >= 0.6 is 0 Å². The van der Waals surface area contributed by atoms with E-state index in [0.717, 1.165) is 6.07 Å². The summed E-state index contributed by atoms with van der Waals surface area (Å²) in [6.07, 6.45) is 1.70. The first-order chi connectivity index (χ1) is 11.3. The molecule has 134 valence electrons. The van der Waals surface area contributed by atoms with Crippen LogP contribution in [0.2, 0.25) is 0 Å². The van der Waals surface area contributed by atoms with Gasteiger partial charge in [-0.1, -0.05) is 27.7 Å². The number of carbonyl (C=O) groups is 2. The Labute approximate surface area is 143 Å². The molecular formula is C18H28FN3O2.